The van der Waals surface area contributed by atoms with Crippen molar-refractivity contribution in [2.24, 2.45) is 5.92 Å². The normalized spacial score (nSPS) is 13.3. The van der Waals surface area contributed by atoms with Gasteiger partial charge < -0.3 is 19.7 Å². The third kappa shape index (κ3) is 9.22. The van der Waals surface area contributed by atoms with Crippen molar-refractivity contribution in [1.29, 1.82) is 0 Å². The number of ether oxygens (including phenoxy) is 2. The fourth-order valence-corrected chi connectivity index (χ4v) is 6.02. The average Bonchev–Trinajstić information content (AvgIpc) is 3.00. The molecule has 10 heteroatoms. The van der Waals surface area contributed by atoms with Crippen molar-refractivity contribution in [3.05, 3.63) is 89.5 Å². The number of carbonyl (C=O) groups excluding carboxylic acids is 2. The Balaban J connectivity index is 1.57. The SMILES string of the molecule is Cc1ccc(CN(C(=O)CCCN(c2ccc3c(c2)OCCO3)S(C)(=O)=O)[C@H](Cc2ccccc2)C(=O)NCC(C)C)cc1. The summed E-state index contributed by atoms with van der Waals surface area (Å²) < 4.78 is 38.1. The van der Waals surface area contributed by atoms with Crippen molar-refractivity contribution in [2.75, 3.05) is 36.9 Å². The highest BCUT2D eigenvalue weighted by molar-refractivity contribution is 7.92. The molecule has 1 heterocycles. The molecule has 4 rings (SSSR count). The molecule has 0 saturated carbocycles. The number of aryl methyl sites for hydroxylation is 1. The molecule has 9 nitrogen and oxygen atoms in total. The molecule has 2 amide bonds. The zero-order valence-electron chi connectivity index (χ0n) is 26.0. The van der Waals surface area contributed by atoms with Gasteiger partial charge in [-0.2, -0.15) is 0 Å². The van der Waals surface area contributed by atoms with E-state index in [0.29, 0.717) is 43.4 Å². The predicted octanol–water partition coefficient (Wildman–Crippen LogP) is 4.72. The lowest BCUT2D eigenvalue weighted by atomic mass is 10.0. The molecule has 0 aromatic heterocycles. The largest absolute Gasteiger partial charge is 0.486 e. The quantitative estimate of drug-likeness (QED) is 0.279. The fraction of sp³-hybridized carbons (Fsp3) is 0.412. The van der Waals surface area contributed by atoms with Crippen LogP contribution in [-0.2, 0) is 32.6 Å². The summed E-state index contributed by atoms with van der Waals surface area (Å²) in [6.07, 6.45) is 1.82. The number of amides is 2. The van der Waals surface area contributed by atoms with Gasteiger partial charge in [0.05, 0.1) is 11.9 Å². The van der Waals surface area contributed by atoms with Gasteiger partial charge >= 0.3 is 0 Å². The Morgan fingerprint density at radius 2 is 1.59 bits per heavy atom. The van der Waals surface area contributed by atoms with Gasteiger partial charge in [0.1, 0.15) is 19.3 Å². The molecule has 0 radical (unpaired) electrons. The van der Waals surface area contributed by atoms with Gasteiger partial charge in [-0.15, -0.1) is 0 Å². The number of carbonyl (C=O) groups is 2. The zero-order valence-corrected chi connectivity index (χ0v) is 26.8. The van der Waals surface area contributed by atoms with Gasteiger partial charge in [0.15, 0.2) is 11.5 Å². The first-order valence-corrected chi connectivity index (χ1v) is 16.9. The van der Waals surface area contributed by atoms with Crippen LogP contribution in [-0.4, -0.2) is 63.7 Å². The van der Waals surface area contributed by atoms with Crippen LogP contribution >= 0.6 is 0 Å². The molecule has 0 fully saturated rings. The predicted molar refractivity (Wildman–Crippen MR) is 172 cm³/mol. The zero-order chi connectivity index (χ0) is 31.7. The van der Waals surface area contributed by atoms with Gasteiger partial charge in [0.25, 0.3) is 0 Å². The molecule has 0 saturated heterocycles. The summed E-state index contributed by atoms with van der Waals surface area (Å²) in [4.78, 5) is 29.3. The van der Waals surface area contributed by atoms with Crippen LogP contribution < -0.4 is 19.1 Å². The lowest BCUT2D eigenvalue weighted by Gasteiger charge is -2.32. The molecule has 236 valence electrons. The molecule has 1 atom stereocenters. The summed E-state index contributed by atoms with van der Waals surface area (Å²) in [7, 11) is -3.65. The molecule has 1 aliphatic heterocycles. The number of sulfonamides is 1. The number of anilines is 1. The summed E-state index contributed by atoms with van der Waals surface area (Å²) >= 11 is 0. The summed E-state index contributed by atoms with van der Waals surface area (Å²) in [5, 5.41) is 3.03. The number of fused-ring (bicyclic) bond motifs is 1. The van der Waals surface area contributed by atoms with E-state index in [1.165, 1.54) is 4.31 Å². The van der Waals surface area contributed by atoms with Gasteiger partial charge in [-0.1, -0.05) is 74.0 Å². The average molecular weight is 622 g/mol. The first kappa shape index (κ1) is 32.9. The lowest BCUT2D eigenvalue weighted by Crippen LogP contribution is -2.51. The lowest BCUT2D eigenvalue weighted by molar-refractivity contribution is -0.141. The number of nitrogens with zero attached hydrogens (tertiary/aromatic N) is 2. The molecular formula is C34H43N3O6S. The van der Waals surface area contributed by atoms with E-state index in [-0.39, 0.29) is 43.7 Å². The van der Waals surface area contributed by atoms with Crippen molar-refractivity contribution in [3.8, 4) is 11.5 Å². The van der Waals surface area contributed by atoms with Gasteiger partial charge in [-0.25, -0.2) is 8.42 Å². The van der Waals surface area contributed by atoms with Crippen molar-refractivity contribution in [2.45, 2.75) is 52.6 Å². The van der Waals surface area contributed by atoms with Crippen molar-refractivity contribution in [1.82, 2.24) is 10.2 Å². The number of nitrogens with one attached hydrogen (secondary N) is 1. The maximum atomic E-state index is 14.0. The first-order valence-electron chi connectivity index (χ1n) is 15.1. The van der Waals surface area contributed by atoms with Crippen LogP contribution in [0.4, 0.5) is 5.69 Å². The molecule has 3 aromatic carbocycles. The third-order valence-corrected chi connectivity index (χ3v) is 8.59. The second-order valence-corrected chi connectivity index (χ2v) is 13.5. The minimum Gasteiger partial charge on any atom is -0.486 e. The molecule has 3 aromatic rings. The summed E-state index contributed by atoms with van der Waals surface area (Å²) in [6, 6.07) is 21.8. The summed E-state index contributed by atoms with van der Waals surface area (Å²) in [5.74, 6) is 0.869. The highest BCUT2D eigenvalue weighted by Crippen LogP contribution is 2.34. The number of hydrogen-bond donors (Lipinski definition) is 1. The van der Waals surface area contributed by atoms with Crippen LogP contribution in [0, 0.1) is 12.8 Å². The highest BCUT2D eigenvalue weighted by Gasteiger charge is 2.31. The second-order valence-electron chi connectivity index (χ2n) is 11.6. The molecule has 1 aliphatic rings. The molecule has 0 unspecified atom stereocenters. The molecule has 1 N–H and O–H groups in total. The van der Waals surface area contributed by atoms with E-state index < -0.39 is 16.1 Å². The van der Waals surface area contributed by atoms with E-state index in [1.807, 2.05) is 75.4 Å². The molecule has 44 heavy (non-hydrogen) atoms. The standard InChI is InChI=1S/C34H43N3O6S/c1-25(2)23-35-34(39)30(21-27-9-6-5-7-10-27)36(24-28-14-12-26(3)13-15-28)33(38)11-8-18-37(44(4,40)41)29-16-17-31-32(22-29)43-20-19-42-31/h5-7,9-10,12-17,22,25,30H,8,11,18-21,23-24H2,1-4H3,(H,35,39)/t30-/m1/s1. The Bertz CT molecular complexity index is 1510. The summed E-state index contributed by atoms with van der Waals surface area (Å²) in [6.45, 7) is 7.71. The molecular weight excluding hydrogens is 578 g/mol. The van der Waals surface area contributed by atoms with Crippen LogP contribution in [0.3, 0.4) is 0 Å². The Morgan fingerprint density at radius 3 is 2.25 bits per heavy atom. The molecule has 0 aliphatic carbocycles. The van der Waals surface area contributed by atoms with Gasteiger partial charge in [-0.05, 0) is 42.5 Å². The van der Waals surface area contributed by atoms with E-state index in [1.54, 1.807) is 23.1 Å². The van der Waals surface area contributed by atoms with Crippen molar-refractivity contribution < 1.29 is 27.5 Å². The van der Waals surface area contributed by atoms with Crippen LogP contribution in [0.15, 0.2) is 72.8 Å². The van der Waals surface area contributed by atoms with E-state index in [9.17, 15) is 18.0 Å². The van der Waals surface area contributed by atoms with E-state index in [2.05, 4.69) is 5.32 Å². The van der Waals surface area contributed by atoms with Crippen LogP contribution in [0.5, 0.6) is 11.5 Å². The topological polar surface area (TPSA) is 105 Å². The van der Waals surface area contributed by atoms with Crippen molar-refractivity contribution >= 4 is 27.5 Å². The Kier molecular flexibility index (Phi) is 11.3. The molecule has 0 bridgehead atoms. The van der Waals surface area contributed by atoms with Crippen LogP contribution in [0.25, 0.3) is 0 Å². The maximum absolute atomic E-state index is 14.0. The molecule has 0 spiro atoms. The monoisotopic (exact) mass is 621 g/mol. The van der Waals surface area contributed by atoms with Gasteiger partial charge in [0.2, 0.25) is 21.8 Å². The Morgan fingerprint density at radius 1 is 0.909 bits per heavy atom. The third-order valence-electron chi connectivity index (χ3n) is 7.40. The number of hydrogen-bond acceptors (Lipinski definition) is 6. The van der Waals surface area contributed by atoms with Crippen molar-refractivity contribution in [3.63, 3.8) is 0 Å². The second kappa shape index (κ2) is 15.1. The smallest absolute Gasteiger partial charge is 0.243 e. The Labute approximate surface area is 261 Å². The van der Waals surface area contributed by atoms with Crippen LogP contribution in [0.1, 0.15) is 43.4 Å². The Hall–Kier alpha value is -4.05. The highest BCUT2D eigenvalue weighted by atomic mass is 32.2. The maximum Gasteiger partial charge on any atom is 0.243 e. The fourth-order valence-electron chi connectivity index (χ4n) is 5.06. The van der Waals surface area contributed by atoms with Gasteiger partial charge in [0, 0.05) is 38.5 Å². The minimum absolute atomic E-state index is 0.0607. The summed E-state index contributed by atoms with van der Waals surface area (Å²) in [5.41, 5.74) is 3.39. The first-order chi connectivity index (χ1) is 21.0. The number of benzene rings is 3. The van der Waals surface area contributed by atoms with Crippen LogP contribution in [0.2, 0.25) is 0 Å². The number of rotatable bonds is 14. The van der Waals surface area contributed by atoms with E-state index in [4.69, 9.17) is 9.47 Å². The van der Waals surface area contributed by atoms with E-state index >= 15 is 0 Å². The van der Waals surface area contributed by atoms with E-state index in [0.717, 1.165) is 22.9 Å². The van der Waals surface area contributed by atoms with Gasteiger partial charge in [-0.3, -0.25) is 13.9 Å². The minimum atomic E-state index is -3.65.